The number of aromatic carboxylic acids is 2. The van der Waals surface area contributed by atoms with Crippen molar-refractivity contribution in [3.63, 3.8) is 0 Å². The van der Waals surface area contributed by atoms with Gasteiger partial charge in [0.2, 0.25) is 0 Å². The first-order chi connectivity index (χ1) is 7.99. The molecule has 0 aromatic heterocycles. The number of hydrogen-bond acceptors (Lipinski definition) is 4. The van der Waals surface area contributed by atoms with Crippen molar-refractivity contribution in [2.75, 3.05) is 0 Å². The van der Waals surface area contributed by atoms with Gasteiger partial charge in [-0.1, -0.05) is 23.9 Å². The number of carbonyl (C=O) groups is 2. The van der Waals surface area contributed by atoms with Gasteiger partial charge in [-0.25, -0.2) is 4.79 Å². The van der Waals surface area contributed by atoms with Crippen LogP contribution < -0.4 is 113 Å². The molecule has 86 valence electrons. The first-order valence-electron chi connectivity index (χ1n) is 4.68. The Morgan fingerprint density at radius 1 is 1.00 bits per heavy atom. The molecule has 2 rings (SSSR count). The maximum atomic E-state index is 11.4. The van der Waals surface area contributed by atoms with Crippen LogP contribution in [0.5, 0.6) is 5.75 Å². The van der Waals surface area contributed by atoms with E-state index in [1.54, 1.807) is 0 Å². The van der Waals surface area contributed by atoms with Crippen molar-refractivity contribution in [2.45, 2.75) is 0 Å². The molecule has 0 radical (unpaired) electrons. The number of carboxylic acid groups (broad SMARTS) is 2. The molecule has 0 amide bonds. The van der Waals surface area contributed by atoms with E-state index in [0.29, 0.717) is 10.8 Å². The smallest absolute Gasteiger partial charge is 0.872 e. The average molecular weight is 308 g/mol. The maximum Gasteiger partial charge on any atom is 1.00 e. The van der Waals surface area contributed by atoms with Crippen molar-refractivity contribution in [1.82, 2.24) is 0 Å². The Morgan fingerprint density at radius 2 is 1.63 bits per heavy atom. The summed E-state index contributed by atoms with van der Waals surface area (Å²) in [5.41, 5.74) is -0.444. The summed E-state index contributed by atoms with van der Waals surface area (Å²) < 4.78 is 0. The zero-order valence-corrected chi connectivity index (χ0v) is 16.7. The molecule has 0 heterocycles. The molecule has 0 atom stereocenters. The van der Waals surface area contributed by atoms with Gasteiger partial charge >= 0.3 is 109 Å². The van der Waals surface area contributed by atoms with Crippen LogP contribution >= 0.6 is 0 Å². The Kier molecular flexibility index (Phi) is 8.54. The van der Waals surface area contributed by atoms with Crippen LogP contribution in [0, 0.1) is 0 Å². The van der Waals surface area contributed by atoms with E-state index in [1.807, 2.05) is 0 Å². The van der Waals surface area contributed by atoms with Crippen LogP contribution in [0.1, 0.15) is 20.7 Å². The van der Waals surface area contributed by atoms with E-state index in [0.717, 1.165) is 12.1 Å². The molecule has 0 saturated carbocycles. The van der Waals surface area contributed by atoms with Crippen LogP contribution in [0.2, 0.25) is 0 Å². The summed E-state index contributed by atoms with van der Waals surface area (Å²) in [5.74, 6) is -3.29. The molecule has 0 bridgehead atoms. The molecule has 0 fully saturated rings. The third-order valence-corrected chi connectivity index (χ3v) is 2.40. The van der Waals surface area contributed by atoms with Crippen LogP contribution in [-0.4, -0.2) is 17.0 Å². The van der Waals surface area contributed by atoms with Crippen LogP contribution in [0.15, 0.2) is 30.3 Å². The van der Waals surface area contributed by atoms with E-state index in [1.165, 1.54) is 18.2 Å². The van der Waals surface area contributed by atoms with Crippen molar-refractivity contribution in [3.05, 3.63) is 41.5 Å². The standard InChI is InChI=1S/C12H8O5.2K/c13-10-5-6-1-2-7(11(14)15)3-8(6)4-9(10)12(16)17;;/h1-5,13H,(H,14,15)(H,16,17);;/q;2*+1/p-2. The van der Waals surface area contributed by atoms with Crippen LogP contribution in [0.4, 0.5) is 0 Å². The third-order valence-electron chi connectivity index (χ3n) is 2.40. The van der Waals surface area contributed by atoms with Crippen LogP contribution in [-0.2, 0) is 0 Å². The Labute approximate surface area is 193 Å². The van der Waals surface area contributed by atoms with E-state index >= 15 is 0 Å². The van der Waals surface area contributed by atoms with Crippen molar-refractivity contribution >= 4 is 22.7 Å². The van der Waals surface area contributed by atoms with Gasteiger partial charge < -0.3 is 20.1 Å². The van der Waals surface area contributed by atoms with Crippen LogP contribution in [0.3, 0.4) is 0 Å². The van der Waals surface area contributed by atoms with E-state index in [4.69, 9.17) is 5.11 Å². The van der Waals surface area contributed by atoms with Gasteiger partial charge in [0.25, 0.3) is 0 Å². The van der Waals surface area contributed by atoms with E-state index in [2.05, 4.69) is 0 Å². The summed E-state index contributed by atoms with van der Waals surface area (Å²) in [6.07, 6.45) is 0. The number of benzene rings is 2. The molecule has 0 aliphatic heterocycles. The second-order valence-corrected chi connectivity index (χ2v) is 3.50. The largest absolute Gasteiger partial charge is 1.00 e. The van der Waals surface area contributed by atoms with Gasteiger partial charge in [-0.15, -0.1) is 0 Å². The minimum atomic E-state index is -1.35. The van der Waals surface area contributed by atoms with E-state index in [9.17, 15) is 19.8 Å². The van der Waals surface area contributed by atoms with Gasteiger partial charge in [-0.05, 0) is 28.5 Å². The summed E-state index contributed by atoms with van der Waals surface area (Å²) in [5, 5.41) is 31.7. The monoisotopic (exact) mass is 308 g/mol. The van der Waals surface area contributed by atoms with Gasteiger partial charge in [0.15, 0.2) is 0 Å². The fraction of sp³-hybridized carbons (Fsp3) is 0. The van der Waals surface area contributed by atoms with Crippen LogP contribution in [0.25, 0.3) is 10.8 Å². The zero-order chi connectivity index (χ0) is 12.6. The first-order valence-corrected chi connectivity index (χ1v) is 4.68. The molecule has 19 heavy (non-hydrogen) atoms. The predicted octanol–water partition coefficient (Wildman–Crippen LogP) is -6.02. The topological polar surface area (TPSA) is 100 Å². The SMILES string of the molecule is O=C([O-])c1ccc2cc([O-])c(C(=O)O)cc2c1.[K+].[K+]. The quantitative estimate of drug-likeness (QED) is 0.557. The Balaban J connectivity index is 0.00000162. The number of carboxylic acids is 2. The molecule has 0 aliphatic carbocycles. The summed E-state index contributed by atoms with van der Waals surface area (Å²) in [4.78, 5) is 21.4. The van der Waals surface area contributed by atoms with Gasteiger partial charge in [0.1, 0.15) is 0 Å². The van der Waals surface area contributed by atoms with Gasteiger partial charge in [-0.3, -0.25) is 0 Å². The van der Waals surface area contributed by atoms with Crippen molar-refractivity contribution in [3.8, 4) is 5.75 Å². The number of rotatable bonds is 2. The average Bonchev–Trinajstić information content (AvgIpc) is 2.27. The Morgan fingerprint density at radius 3 is 2.16 bits per heavy atom. The number of hydrogen-bond donors (Lipinski definition) is 1. The fourth-order valence-electron chi connectivity index (χ4n) is 1.57. The molecule has 2 aromatic carbocycles. The summed E-state index contributed by atoms with van der Waals surface area (Å²) in [6.45, 7) is 0. The maximum absolute atomic E-state index is 11.4. The first kappa shape index (κ1) is 19.7. The fourth-order valence-corrected chi connectivity index (χ4v) is 1.57. The van der Waals surface area contributed by atoms with Gasteiger partial charge in [0, 0.05) is 0 Å². The molecular formula is C12H6K2O5. The van der Waals surface area contributed by atoms with Gasteiger partial charge in [-0.2, -0.15) is 0 Å². The molecule has 1 N–H and O–H groups in total. The predicted molar refractivity (Wildman–Crippen MR) is 54.7 cm³/mol. The minimum Gasteiger partial charge on any atom is -0.872 e. The van der Waals surface area contributed by atoms with Gasteiger partial charge in [0.05, 0.1) is 11.5 Å². The molecule has 0 unspecified atom stereocenters. The second-order valence-electron chi connectivity index (χ2n) is 3.50. The summed E-state index contributed by atoms with van der Waals surface area (Å²) in [6, 6.07) is 6.34. The molecular weight excluding hydrogens is 302 g/mol. The molecule has 0 aliphatic rings. The Hall–Kier alpha value is 0.713. The minimum absolute atomic E-state index is 0. The van der Waals surface area contributed by atoms with Crippen molar-refractivity contribution in [1.29, 1.82) is 0 Å². The number of fused-ring (bicyclic) bond motifs is 1. The van der Waals surface area contributed by atoms with E-state index in [-0.39, 0.29) is 114 Å². The molecule has 2 aromatic rings. The molecule has 0 spiro atoms. The summed E-state index contributed by atoms with van der Waals surface area (Å²) in [7, 11) is 0. The van der Waals surface area contributed by atoms with Crippen molar-refractivity contribution in [2.24, 2.45) is 0 Å². The second kappa shape index (κ2) is 8.23. The van der Waals surface area contributed by atoms with E-state index < -0.39 is 17.7 Å². The normalized spacial score (nSPS) is 9.26. The molecule has 0 saturated heterocycles. The van der Waals surface area contributed by atoms with Crippen molar-refractivity contribution < 1.29 is 128 Å². The summed E-state index contributed by atoms with van der Waals surface area (Å²) >= 11 is 0. The number of carbonyl (C=O) groups excluding carboxylic acids is 1. The molecule has 5 nitrogen and oxygen atoms in total. The third kappa shape index (κ3) is 4.60. The zero-order valence-electron chi connectivity index (χ0n) is 10.5. The molecule has 7 heteroatoms. The Bertz CT molecular complexity index is 639.